The lowest BCUT2D eigenvalue weighted by Crippen LogP contribution is -2.11. The van der Waals surface area contributed by atoms with Gasteiger partial charge in [-0.15, -0.1) is 0 Å². The number of carbonyl (C=O) groups is 2. The van der Waals surface area contributed by atoms with E-state index in [1.165, 1.54) is 13.2 Å². The fourth-order valence-electron chi connectivity index (χ4n) is 3.28. The van der Waals surface area contributed by atoms with Crippen LogP contribution in [0.15, 0.2) is 42.5 Å². The molecular formula is C24H30O6. The molecule has 30 heavy (non-hydrogen) atoms. The Morgan fingerprint density at radius 2 is 1.67 bits per heavy atom. The van der Waals surface area contributed by atoms with Crippen LogP contribution in [0.25, 0.3) is 0 Å². The van der Waals surface area contributed by atoms with Gasteiger partial charge in [0.15, 0.2) is 11.5 Å². The molecule has 2 aromatic rings. The molecule has 0 radical (unpaired) electrons. The zero-order chi connectivity index (χ0) is 21.9. The van der Waals surface area contributed by atoms with Gasteiger partial charge < -0.3 is 20.1 Å². The number of benzene rings is 2. The van der Waals surface area contributed by atoms with Crippen LogP contribution in [0.4, 0.5) is 0 Å². The van der Waals surface area contributed by atoms with Crippen LogP contribution in [0.3, 0.4) is 0 Å². The molecule has 1 atom stereocenters. The summed E-state index contributed by atoms with van der Waals surface area (Å²) in [6.45, 7) is 0. The van der Waals surface area contributed by atoms with Crippen LogP contribution in [-0.4, -0.2) is 40.1 Å². The summed E-state index contributed by atoms with van der Waals surface area (Å²) in [6.07, 6.45) is 2.69. The summed E-state index contributed by atoms with van der Waals surface area (Å²) in [5.74, 6) is 0.396. The molecule has 0 unspecified atom stereocenters. The van der Waals surface area contributed by atoms with Crippen molar-refractivity contribution in [2.24, 2.45) is 0 Å². The van der Waals surface area contributed by atoms with E-state index in [2.05, 4.69) is 0 Å². The number of hydrogen-bond donors (Lipinski definition) is 3. The van der Waals surface area contributed by atoms with Crippen molar-refractivity contribution in [3.63, 3.8) is 0 Å². The van der Waals surface area contributed by atoms with Gasteiger partial charge in [0.2, 0.25) is 0 Å². The van der Waals surface area contributed by atoms with Gasteiger partial charge in [0.1, 0.15) is 17.3 Å². The third kappa shape index (κ3) is 8.25. The Labute approximate surface area is 177 Å². The lowest BCUT2D eigenvalue weighted by Gasteiger charge is -2.10. The van der Waals surface area contributed by atoms with E-state index in [0.29, 0.717) is 37.9 Å². The lowest BCUT2D eigenvalue weighted by atomic mass is 10.00. The molecule has 0 saturated carbocycles. The van der Waals surface area contributed by atoms with Crippen molar-refractivity contribution in [1.29, 1.82) is 0 Å². The van der Waals surface area contributed by atoms with E-state index in [1.54, 1.807) is 30.3 Å². The van der Waals surface area contributed by atoms with E-state index in [1.807, 2.05) is 6.07 Å². The van der Waals surface area contributed by atoms with E-state index in [9.17, 15) is 24.9 Å². The first-order valence-electron chi connectivity index (χ1n) is 10.2. The van der Waals surface area contributed by atoms with Gasteiger partial charge in [-0.05, 0) is 67.5 Å². The topological polar surface area (TPSA) is 104 Å². The second-order valence-corrected chi connectivity index (χ2v) is 7.51. The highest BCUT2D eigenvalue weighted by molar-refractivity contribution is 5.99. The number of methoxy groups -OCH3 is 1. The Morgan fingerprint density at radius 3 is 2.40 bits per heavy atom. The van der Waals surface area contributed by atoms with Crippen LogP contribution in [0, 0.1) is 0 Å². The molecule has 0 amide bonds. The number of aliphatic hydroxyl groups is 1. The van der Waals surface area contributed by atoms with Crippen molar-refractivity contribution in [3.05, 3.63) is 53.6 Å². The van der Waals surface area contributed by atoms with Gasteiger partial charge in [0.05, 0.1) is 19.6 Å². The molecule has 6 nitrogen and oxygen atoms in total. The number of carbonyl (C=O) groups excluding carboxylic acids is 2. The minimum absolute atomic E-state index is 0.0480. The van der Waals surface area contributed by atoms with Crippen molar-refractivity contribution >= 4 is 11.6 Å². The number of Topliss-reactive ketones (excluding diaryl/α,β-unsaturated/α-hetero) is 2. The predicted octanol–water partition coefficient (Wildman–Crippen LogP) is 3.73. The quantitative estimate of drug-likeness (QED) is 0.432. The summed E-state index contributed by atoms with van der Waals surface area (Å²) in [5, 5.41) is 29.1. The Hall–Kier alpha value is -2.86. The highest BCUT2D eigenvalue weighted by atomic mass is 16.5. The highest BCUT2D eigenvalue weighted by Crippen LogP contribution is 2.26. The van der Waals surface area contributed by atoms with Gasteiger partial charge >= 0.3 is 0 Å². The highest BCUT2D eigenvalue weighted by Gasteiger charge is 2.12. The zero-order valence-electron chi connectivity index (χ0n) is 17.3. The number of rotatable bonds is 13. The van der Waals surface area contributed by atoms with Crippen LogP contribution >= 0.6 is 0 Å². The first-order valence-corrected chi connectivity index (χ1v) is 10.2. The van der Waals surface area contributed by atoms with E-state index in [0.717, 1.165) is 11.1 Å². The number of hydrogen-bond acceptors (Lipinski definition) is 6. The smallest absolute Gasteiger partial charge is 0.160 e. The third-order valence-electron chi connectivity index (χ3n) is 5.00. The maximum atomic E-state index is 12.1. The van der Waals surface area contributed by atoms with E-state index < -0.39 is 6.10 Å². The Balaban J connectivity index is 1.62. The maximum Gasteiger partial charge on any atom is 0.160 e. The third-order valence-corrected chi connectivity index (χ3v) is 5.00. The number of aliphatic hydroxyl groups excluding tert-OH is 1. The number of phenols is 2. The summed E-state index contributed by atoms with van der Waals surface area (Å²) in [6, 6.07) is 11.9. The summed E-state index contributed by atoms with van der Waals surface area (Å²) >= 11 is 0. The second kappa shape index (κ2) is 12.0. The largest absolute Gasteiger partial charge is 0.508 e. The predicted molar refractivity (Wildman–Crippen MR) is 114 cm³/mol. The monoisotopic (exact) mass is 414 g/mol. The van der Waals surface area contributed by atoms with E-state index in [-0.39, 0.29) is 42.3 Å². The molecule has 0 aliphatic rings. The van der Waals surface area contributed by atoms with Crippen LogP contribution in [0.1, 0.15) is 49.7 Å². The molecule has 0 aliphatic heterocycles. The zero-order valence-corrected chi connectivity index (χ0v) is 17.3. The number of aryl methyl sites for hydroxylation is 2. The van der Waals surface area contributed by atoms with Crippen molar-refractivity contribution < 1.29 is 29.6 Å². The van der Waals surface area contributed by atoms with E-state index in [4.69, 9.17) is 4.74 Å². The van der Waals surface area contributed by atoms with Gasteiger partial charge in [-0.3, -0.25) is 9.59 Å². The standard InChI is InChI=1S/C24H30O6/c1-30-24-15-18(10-13-23(24)29)9-12-22(28)16-21(27)7-3-5-19(25)11-8-17-4-2-6-20(26)14-17/h2,4,6,10,13-15,19,25-26,29H,3,5,7-9,11-12,16H2,1H3/t19-/m0/s1. The van der Waals surface area contributed by atoms with Crippen molar-refractivity contribution in [2.75, 3.05) is 7.11 Å². The van der Waals surface area contributed by atoms with Gasteiger partial charge in [-0.25, -0.2) is 0 Å². The van der Waals surface area contributed by atoms with Gasteiger partial charge in [-0.1, -0.05) is 18.2 Å². The average Bonchev–Trinajstić information content (AvgIpc) is 2.71. The van der Waals surface area contributed by atoms with Crippen LogP contribution < -0.4 is 4.74 Å². The molecule has 0 spiro atoms. The number of phenolic OH excluding ortho intramolecular Hbond substituents is 2. The normalized spacial score (nSPS) is 11.8. The molecule has 0 aliphatic carbocycles. The number of aromatic hydroxyl groups is 2. The molecule has 2 rings (SSSR count). The summed E-state index contributed by atoms with van der Waals surface area (Å²) in [5.41, 5.74) is 1.82. The first-order chi connectivity index (χ1) is 14.4. The Morgan fingerprint density at radius 1 is 0.933 bits per heavy atom. The molecule has 0 saturated heterocycles. The molecule has 0 fully saturated rings. The molecule has 6 heteroatoms. The van der Waals surface area contributed by atoms with E-state index >= 15 is 0 Å². The number of ketones is 2. The molecule has 2 aromatic carbocycles. The maximum absolute atomic E-state index is 12.1. The minimum Gasteiger partial charge on any atom is -0.508 e. The minimum atomic E-state index is -0.514. The van der Waals surface area contributed by atoms with Crippen LogP contribution in [-0.2, 0) is 22.4 Å². The molecule has 3 N–H and O–H groups in total. The van der Waals surface area contributed by atoms with Crippen molar-refractivity contribution in [1.82, 2.24) is 0 Å². The fraction of sp³-hybridized carbons (Fsp3) is 0.417. The van der Waals surface area contributed by atoms with Crippen LogP contribution in [0.2, 0.25) is 0 Å². The summed E-state index contributed by atoms with van der Waals surface area (Å²) in [7, 11) is 1.46. The average molecular weight is 414 g/mol. The van der Waals surface area contributed by atoms with Crippen LogP contribution in [0.5, 0.6) is 17.2 Å². The Kier molecular flexibility index (Phi) is 9.35. The van der Waals surface area contributed by atoms with Crippen molar-refractivity contribution in [3.8, 4) is 17.2 Å². The second-order valence-electron chi connectivity index (χ2n) is 7.51. The molecule has 0 aromatic heterocycles. The fourth-order valence-corrected chi connectivity index (χ4v) is 3.28. The molecule has 162 valence electrons. The molecular weight excluding hydrogens is 384 g/mol. The first kappa shape index (κ1) is 23.4. The summed E-state index contributed by atoms with van der Waals surface area (Å²) < 4.78 is 5.05. The molecule has 0 heterocycles. The van der Waals surface area contributed by atoms with Gasteiger partial charge in [0.25, 0.3) is 0 Å². The Bertz CT molecular complexity index is 845. The summed E-state index contributed by atoms with van der Waals surface area (Å²) in [4.78, 5) is 24.1. The lowest BCUT2D eigenvalue weighted by molar-refractivity contribution is -0.127. The molecule has 0 bridgehead atoms. The number of ether oxygens (including phenoxy) is 1. The SMILES string of the molecule is COc1cc(CCC(=O)CC(=O)CCC[C@H](O)CCc2cccc(O)c2)ccc1O. The van der Waals surface area contributed by atoms with Gasteiger partial charge in [0, 0.05) is 12.8 Å². The van der Waals surface area contributed by atoms with Gasteiger partial charge in [-0.2, -0.15) is 0 Å². The van der Waals surface area contributed by atoms with Crippen molar-refractivity contribution in [2.45, 2.75) is 57.5 Å².